The van der Waals surface area contributed by atoms with Gasteiger partial charge in [0.25, 0.3) is 10.0 Å². The number of rotatable bonds is 3. The van der Waals surface area contributed by atoms with E-state index >= 15 is 0 Å². The van der Waals surface area contributed by atoms with Crippen molar-refractivity contribution in [1.82, 2.24) is 0 Å². The van der Waals surface area contributed by atoms with E-state index in [0.29, 0.717) is 10.2 Å². The first-order chi connectivity index (χ1) is 9.32. The molecular formula is C13H10BrClFNO2S. The van der Waals surface area contributed by atoms with Gasteiger partial charge in [0.15, 0.2) is 0 Å². The molecule has 0 radical (unpaired) electrons. The summed E-state index contributed by atoms with van der Waals surface area (Å²) in [6.45, 7) is 0. The van der Waals surface area contributed by atoms with E-state index in [9.17, 15) is 12.8 Å². The van der Waals surface area contributed by atoms with Crippen molar-refractivity contribution in [2.24, 2.45) is 0 Å². The van der Waals surface area contributed by atoms with Gasteiger partial charge in [-0.05, 0) is 42.5 Å². The highest BCUT2D eigenvalue weighted by Gasteiger charge is 2.24. The van der Waals surface area contributed by atoms with Crippen LogP contribution in [0.1, 0.15) is 0 Å². The maximum atomic E-state index is 12.9. The highest BCUT2D eigenvalue weighted by atomic mass is 79.9. The van der Waals surface area contributed by atoms with Crippen LogP contribution in [-0.4, -0.2) is 15.5 Å². The van der Waals surface area contributed by atoms with Gasteiger partial charge in [0.05, 0.1) is 10.7 Å². The van der Waals surface area contributed by atoms with E-state index in [-0.39, 0.29) is 9.92 Å². The third-order valence-corrected chi connectivity index (χ3v) is 5.48. The van der Waals surface area contributed by atoms with Crippen LogP contribution in [0.2, 0.25) is 5.02 Å². The summed E-state index contributed by atoms with van der Waals surface area (Å²) < 4.78 is 39.6. The normalized spacial score (nSPS) is 11.4. The first-order valence-corrected chi connectivity index (χ1v) is 8.13. The molecule has 0 aliphatic carbocycles. The monoisotopic (exact) mass is 377 g/mol. The molecule has 0 aromatic heterocycles. The van der Waals surface area contributed by atoms with Crippen molar-refractivity contribution in [2.75, 3.05) is 11.4 Å². The Morgan fingerprint density at radius 3 is 2.30 bits per heavy atom. The minimum atomic E-state index is -3.79. The van der Waals surface area contributed by atoms with E-state index in [0.717, 1.165) is 4.31 Å². The van der Waals surface area contributed by atoms with Crippen LogP contribution in [0.15, 0.2) is 51.8 Å². The third kappa shape index (κ3) is 2.97. The molecule has 2 aromatic rings. The molecule has 3 nitrogen and oxygen atoms in total. The van der Waals surface area contributed by atoms with E-state index in [4.69, 9.17) is 11.6 Å². The van der Waals surface area contributed by atoms with Crippen molar-refractivity contribution in [3.05, 3.63) is 57.8 Å². The van der Waals surface area contributed by atoms with Gasteiger partial charge in [-0.15, -0.1) is 0 Å². The van der Waals surface area contributed by atoms with Crippen LogP contribution in [-0.2, 0) is 10.0 Å². The summed E-state index contributed by atoms with van der Waals surface area (Å²) in [5.41, 5.74) is 0.352. The lowest BCUT2D eigenvalue weighted by atomic mass is 10.3. The number of halogens is 3. The van der Waals surface area contributed by atoms with Crippen molar-refractivity contribution in [2.45, 2.75) is 4.90 Å². The van der Waals surface area contributed by atoms with Gasteiger partial charge in [0.2, 0.25) is 0 Å². The van der Waals surface area contributed by atoms with E-state index in [1.165, 1.54) is 43.4 Å². The van der Waals surface area contributed by atoms with Crippen molar-refractivity contribution in [3.8, 4) is 0 Å². The highest BCUT2D eigenvalue weighted by molar-refractivity contribution is 9.10. The molecule has 0 fully saturated rings. The Morgan fingerprint density at radius 2 is 1.75 bits per heavy atom. The molecule has 106 valence electrons. The fourth-order valence-electron chi connectivity index (χ4n) is 1.62. The number of anilines is 1. The molecule has 0 spiro atoms. The number of hydrogen-bond acceptors (Lipinski definition) is 2. The molecule has 0 heterocycles. The lowest BCUT2D eigenvalue weighted by Gasteiger charge is -2.20. The van der Waals surface area contributed by atoms with Gasteiger partial charge in [-0.3, -0.25) is 4.31 Å². The summed E-state index contributed by atoms with van der Waals surface area (Å²) >= 11 is 9.19. The summed E-state index contributed by atoms with van der Waals surface area (Å²) in [6.07, 6.45) is 0. The maximum absolute atomic E-state index is 12.9. The lowest BCUT2D eigenvalue weighted by molar-refractivity contribution is 0.594. The standard InChI is InChI=1S/C13H10BrClFNO2S/c1-17(11-5-3-10(16)4-6-11)20(18,19)13-7-2-9(14)8-12(13)15/h2-8H,1H3. The van der Waals surface area contributed by atoms with Crippen LogP contribution < -0.4 is 4.31 Å². The Kier molecular flexibility index (Phi) is 4.36. The highest BCUT2D eigenvalue weighted by Crippen LogP contribution is 2.29. The Hall–Kier alpha value is -1.11. The number of benzene rings is 2. The molecule has 20 heavy (non-hydrogen) atoms. The Bertz CT molecular complexity index is 735. The van der Waals surface area contributed by atoms with Crippen molar-refractivity contribution >= 4 is 43.2 Å². The van der Waals surface area contributed by atoms with Gasteiger partial charge >= 0.3 is 0 Å². The minimum Gasteiger partial charge on any atom is -0.269 e. The largest absolute Gasteiger partial charge is 0.269 e. The van der Waals surface area contributed by atoms with Gasteiger partial charge in [-0.1, -0.05) is 27.5 Å². The van der Waals surface area contributed by atoms with Gasteiger partial charge in [-0.25, -0.2) is 12.8 Å². The zero-order valence-electron chi connectivity index (χ0n) is 10.3. The van der Waals surface area contributed by atoms with Crippen molar-refractivity contribution in [3.63, 3.8) is 0 Å². The Labute approximate surface area is 130 Å². The number of sulfonamides is 1. The molecule has 0 atom stereocenters. The molecular weight excluding hydrogens is 369 g/mol. The van der Waals surface area contributed by atoms with Crippen LogP contribution in [0, 0.1) is 5.82 Å². The van der Waals surface area contributed by atoms with Gasteiger partial charge in [-0.2, -0.15) is 0 Å². The average molecular weight is 379 g/mol. The predicted octanol–water partition coefficient (Wildman–Crippen LogP) is 4.07. The minimum absolute atomic E-state index is 0.00538. The second-order valence-corrected chi connectivity index (χ2v) is 7.28. The summed E-state index contributed by atoms with van der Waals surface area (Å²) in [7, 11) is -2.40. The second-order valence-electron chi connectivity index (χ2n) is 4.02. The summed E-state index contributed by atoms with van der Waals surface area (Å²) in [4.78, 5) is -0.00538. The topological polar surface area (TPSA) is 37.4 Å². The maximum Gasteiger partial charge on any atom is 0.265 e. The molecule has 0 N–H and O–H groups in total. The van der Waals surface area contributed by atoms with Crippen molar-refractivity contribution < 1.29 is 12.8 Å². The second kappa shape index (κ2) is 5.71. The molecule has 0 unspecified atom stereocenters. The van der Waals surface area contributed by atoms with Crippen LogP contribution in [0.3, 0.4) is 0 Å². The average Bonchev–Trinajstić information content (AvgIpc) is 2.38. The van der Waals surface area contributed by atoms with Crippen molar-refractivity contribution in [1.29, 1.82) is 0 Å². The summed E-state index contributed by atoms with van der Waals surface area (Å²) in [5.74, 6) is -0.429. The quantitative estimate of drug-likeness (QED) is 0.807. The molecule has 0 saturated carbocycles. The molecule has 2 rings (SSSR count). The predicted molar refractivity (Wildman–Crippen MR) is 81.1 cm³/mol. The zero-order chi connectivity index (χ0) is 14.9. The van der Waals surface area contributed by atoms with E-state index in [1.807, 2.05) is 0 Å². The van der Waals surface area contributed by atoms with E-state index < -0.39 is 15.8 Å². The van der Waals surface area contributed by atoms with E-state index in [2.05, 4.69) is 15.9 Å². The van der Waals surface area contributed by atoms with Crippen LogP contribution >= 0.6 is 27.5 Å². The summed E-state index contributed by atoms with van der Waals surface area (Å²) in [5, 5.41) is 0.119. The molecule has 2 aromatic carbocycles. The zero-order valence-corrected chi connectivity index (χ0v) is 13.5. The molecule has 0 bridgehead atoms. The Morgan fingerprint density at radius 1 is 1.15 bits per heavy atom. The van der Waals surface area contributed by atoms with E-state index in [1.54, 1.807) is 6.07 Å². The van der Waals surface area contributed by atoms with Crippen LogP contribution in [0.4, 0.5) is 10.1 Å². The molecule has 7 heteroatoms. The smallest absolute Gasteiger partial charge is 0.265 e. The van der Waals surface area contributed by atoms with Gasteiger partial charge < -0.3 is 0 Å². The Balaban J connectivity index is 2.46. The van der Waals surface area contributed by atoms with Crippen LogP contribution in [0.5, 0.6) is 0 Å². The SMILES string of the molecule is CN(c1ccc(F)cc1)S(=O)(=O)c1ccc(Br)cc1Cl. The fraction of sp³-hybridized carbons (Fsp3) is 0.0769. The van der Waals surface area contributed by atoms with Crippen LogP contribution in [0.25, 0.3) is 0 Å². The lowest BCUT2D eigenvalue weighted by Crippen LogP contribution is -2.26. The first kappa shape index (κ1) is 15.3. The van der Waals surface area contributed by atoms with Gasteiger partial charge in [0, 0.05) is 11.5 Å². The summed E-state index contributed by atoms with van der Waals surface area (Å²) in [6, 6.07) is 9.69. The number of nitrogens with zero attached hydrogens (tertiary/aromatic N) is 1. The van der Waals surface area contributed by atoms with Gasteiger partial charge in [0.1, 0.15) is 10.7 Å². The fourth-order valence-corrected chi connectivity index (χ4v) is 3.83. The number of hydrogen-bond donors (Lipinski definition) is 0. The molecule has 0 saturated heterocycles. The first-order valence-electron chi connectivity index (χ1n) is 5.52. The third-order valence-electron chi connectivity index (χ3n) is 2.72. The molecule has 0 aliphatic heterocycles. The molecule has 0 amide bonds. The molecule has 0 aliphatic rings.